The van der Waals surface area contributed by atoms with E-state index in [1.54, 1.807) is 10.9 Å². The predicted octanol–water partition coefficient (Wildman–Crippen LogP) is 3.33. The highest BCUT2D eigenvalue weighted by molar-refractivity contribution is 5.83. The van der Waals surface area contributed by atoms with Crippen molar-refractivity contribution < 1.29 is 4.52 Å². The molecule has 132 valence electrons. The van der Waals surface area contributed by atoms with Gasteiger partial charge in [0, 0.05) is 11.5 Å². The van der Waals surface area contributed by atoms with Gasteiger partial charge in [-0.1, -0.05) is 24.2 Å². The van der Waals surface area contributed by atoms with Crippen molar-refractivity contribution in [3.8, 4) is 11.5 Å². The topological polar surface area (TPSA) is 78.2 Å². The molecule has 1 fully saturated rings. The zero-order chi connectivity index (χ0) is 18.1. The molecule has 1 aliphatic rings. The number of para-hydroxylation sites is 2. The summed E-state index contributed by atoms with van der Waals surface area (Å²) >= 11 is 0. The number of fused-ring (bicyclic) bond motifs is 3. The first-order valence-electron chi connectivity index (χ1n) is 8.84. The lowest BCUT2D eigenvalue weighted by Gasteiger charge is -2.15. The Hall–Kier alpha value is -2.96. The molecule has 26 heavy (non-hydrogen) atoms. The van der Waals surface area contributed by atoms with Gasteiger partial charge in [0.2, 0.25) is 11.7 Å². The summed E-state index contributed by atoms with van der Waals surface area (Å²) in [5.74, 6) is 0.997. The van der Waals surface area contributed by atoms with Gasteiger partial charge in [0.05, 0.1) is 11.0 Å². The Labute approximate surface area is 149 Å². The van der Waals surface area contributed by atoms with Crippen molar-refractivity contribution >= 4 is 16.6 Å². The van der Waals surface area contributed by atoms with Crippen LogP contribution in [0, 0.1) is 0 Å². The van der Waals surface area contributed by atoms with E-state index in [2.05, 4.69) is 22.0 Å². The normalized spacial score (nSPS) is 16.0. The summed E-state index contributed by atoms with van der Waals surface area (Å²) in [7, 11) is 0. The molecular weight excluding hydrogens is 330 g/mol. The van der Waals surface area contributed by atoms with Crippen LogP contribution in [0.5, 0.6) is 0 Å². The molecule has 0 saturated heterocycles. The van der Waals surface area contributed by atoms with Gasteiger partial charge in [-0.3, -0.25) is 9.20 Å². The summed E-state index contributed by atoms with van der Waals surface area (Å²) in [5.41, 5.74) is 2.62. The van der Waals surface area contributed by atoms with Crippen LogP contribution in [0.4, 0.5) is 0 Å². The standard InChI is InChI=1S/C19H19N5O2/c1-11(2)24-13-7-5-4-6-12(13)23-10-20-14(15(23)17(24)25)16-21-18(26-22-16)19(3)8-9-19/h4-7,10-11H,8-9H2,1-3H3. The first-order chi connectivity index (χ1) is 12.5. The van der Waals surface area contributed by atoms with Gasteiger partial charge in [0.15, 0.2) is 0 Å². The Balaban J connectivity index is 1.83. The molecule has 1 aromatic carbocycles. The van der Waals surface area contributed by atoms with Gasteiger partial charge in [0.25, 0.3) is 5.56 Å². The highest BCUT2D eigenvalue weighted by Gasteiger charge is 2.44. The number of hydrogen-bond acceptors (Lipinski definition) is 5. The Morgan fingerprint density at radius 2 is 1.92 bits per heavy atom. The van der Waals surface area contributed by atoms with Gasteiger partial charge in [-0.15, -0.1) is 0 Å². The van der Waals surface area contributed by atoms with Crippen molar-refractivity contribution in [2.45, 2.75) is 45.1 Å². The van der Waals surface area contributed by atoms with E-state index in [0.717, 1.165) is 23.9 Å². The van der Waals surface area contributed by atoms with Crippen molar-refractivity contribution in [3.63, 3.8) is 0 Å². The summed E-state index contributed by atoms with van der Waals surface area (Å²) < 4.78 is 9.06. The Morgan fingerprint density at radius 3 is 2.62 bits per heavy atom. The van der Waals surface area contributed by atoms with Crippen LogP contribution in [0.2, 0.25) is 0 Å². The molecule has 3 aromatic heterocycles. The molecule has 0 atom stereocenters. The fourth-order valence-corrected chi connectivity index (χ4v) is 3.47. The number of benzene rings is 1. The Morgan fingerprint density at radius 1 is 1.19 bits per heavy atom. The minimum Gasteiger partial charge on any atom is -0.338 e. The smallest absolute Gasteiger partial charge is 0.278 e. The molecule has 0 unspecified atom stereocenters. The minimum absolute atomic E-state index is 0.0198. The molecule has 0 spiro atoms. The first-order valence-corrected chi connectivity index (χ1v) is 8.84. The van der Waals surface area contributed by atoms with Gasteiger partial charge in [-0.25, -0.2) is 4.98 Å². The first kappa shape index (κ1) is 15.3. The number of imidazole rings is 1. The summed E-state index contributed by atoms with van der Waals surface area (Å²) in [6.07, 6.45) is 3.75. The van der Waals surface area contributed by atoms with E-state index in [1.807, 2.05) is 42.5 Å². The van der Waals surface area contributed by atoms with E-state index >= 15 is 0 Å². The van der Waals surface area contributed by atoms with E-state index in [4.69, 9.17) is 4.52 Å². The lowest BCUT2D eigenvalue weighted by molar-refractivity contribution is 0.353. The lowest BCUT2D eigenvalue weighted by Crippen LogP contribution is -2.24. The van der Waals surface area contributed by atoms with Crippen LogP contribution in [-0.4, -0.2) is 24.1 Å². The highest BCUT2D eigenvalue weighted by atomic mass is 16.5. The molecule has 5 rings (SSSR count). The Bertz CT molecular complexity index is 1210. The van der Waals surface area contributed by atoms with E-state index in [1.165, 1.54) is 0 Å². The molecule has 7 nitrogen and oxygen atoms in total. The monoisotopic (exact) mass is 349 g/mol. The van der Waals surface area contributed by atoms with E-state index < -0.39 is 0 Å². The number of nitrogens with zero attached hydrogens (tertiary/aromatic N) is 5. The van der Waals surface area contributed by atoms with Crippen LogP contribution in [-0.2, 0) is 5.41 Å². The molecule has 0 N–H and O–H groups in total. The molecule has 1 aliphatic carbocycles. The summed E-state index contributed by atoms with van der Waals surface area (Å²) in [6, 6.07) is 7.85. The third-order valence-electron chi connectivity index (χ3n) is 5.26. The molecule has 0 bridgehead atoms. The summed E-state index contributed by atoms with van der Waals surface area (Å²) in [6.45, 7) is 6.11. The third kappa shape index (κ3) is 2.00. The highest BCUT2D eigenvalue weighted by Crippen LogP contribution is 2.47. The van der Waals surface area contributed by atoms with Crippen LogP contribution in [0.3, 0.4) is 0 Å². The van der Waals surface area contributed by atoms with E-state index in [0.29, 0.717) is 22.9 Å². The lowest BCUT2D eigenvalue weighted by atomic mass is 10.1. The fraction of sp³-hybridized carbons (Fsp3) is 0.368. The maximum Gasteiger partial charge on any atom is 0.278 e. The largest absolute Gasteiger partial charge is 0.338 e. The Kier molecular flexibility index (Phi) is 2.96. The fourth-order valence-electron chi connectivity index (χ4n) is 3.47. The van der Waals surface area contributed by atoms with Gasteiger partial charge >= 0.3 is 0 Å². The van der Waals surface area contributed by atoms with Gasteiger partial charge < -0.3 is 9.09 Å². The van der Waals surface area contributed by atoms with Crippen LogP contribution < -0.4 is 5.56 Å². The van der Waals surface area contributed by atoms with Crippen molar-refractivity contribution in [1.82, 2.24) is 24.1 Å². The zero-order valence-corrected chi connectivity index (χ0v) is 14.9. The number of rotatable bonds is 3. The van der Waals surface area contributed by atoms with Crippen molar-refractivity contribution in [2.24, 2.45) is 0 Å². The molecule has 1 saturated carbocycles. The third-order valence-corrected chi connectivity index (χ3v) is 5.26. The van der Waals surface area contributed by atoms with E-state index in [-0.39, 0.29) is 17.0 Å². The predicted molar refractivity (Wildman–Crippen MR) is 97.2 cm³/mol. The zero-order valence-electron chi connectivity index (χ0n) is 14.9. The van der Waals surface area contributed by atoms with Gasteiger partial charge in [0.1, 0.15) is 17.5 Å². The second kappa shape index (κ2) is 5.03. The van der Waals surface area contributed by atoms with Crippen LogP contribution in [0.1, 0.15) is 45.5 Å². The minimum atomic E-state index is -0.102. The second-order valence-electron chi connectivity index (χ2n) is 7.55. The average Bonchev–Trinajstić information content (AvgIpc) is 3.03. The molecule has 0 radical (unpaired) electrons. The average molecular weight is 349 g/mol. The molecule has 3 heterocycles. The molecular formula is C19H19N5O2. The molecule has 0 amide bonds. The quantitative estimate of drug-likeness (QED) is 0.567. The number of aromatic nitrogens is 5. The van der Waals surface area contributed by atoms with Gasteiger partial charge in [-0.05, 0) is 38.8 Å². The molecule has 0 aliphatic heterocycles. The van der Waals surface area contributed by atoms with Crippen molar-refractivity contribution in [1.29, 1.82) is 0 Å². The second-order valence-corrected chi connectivity index (χ2v) is 7.55. The van der Waals surface area contributed by atoms with Crippen LogP contribution in [0.15, 0.2) is 39.9 Å². The number of hydrogen-bond donors (Lipinski definition) is 0. The van der Waals surface area contributed by atoms with Gasteiger partial charge in [-0.2, -0.15) is 4.98 Å². The maximum atomic E-state index is 13.3. The molecule has 4 aromatic rings. The van der Waals surface area contributed by atoms with Crippen LogP contribution in [0.25, 0.3) is 28.1 Å². The van der Waals surface area contributed by atoms with Crippen molar-refractivity contribution in [2.75, 3.05) is 0 Å². The maximum absolute atomic E-state index is 13.3. The molecule has 7 heteroatoms. The summed E-state index contributed by atoms with van der Waals surface area (Å²) in [5, 5.41) is 4.10. The van der Waals surface area contributed by atoms with E-state index in [9.17, 15) is 4.79 Å². The van der Waals surface area contributed by atoms with Crippen molar-refractivity contribution in [3.05, 3.63) is 46.8 Å². The van der Waals surface area contributed by atoms with Crippen LogP contribution >= 0.6 is 0 Å². The SMILES string of the molecule is CC(C)n1c(=O)c2c(-c3noc(C4(C)CC4)n3)ncn2c2ccccc21. The summed E-state index contributed by atoms with van der Waals surface area (Å²) in [4.78, 5) is 22.3.